The van der Waals surface area contributed by atoms with E-state index in [1.165, 1.54) is 6.92 Å². The molecule has 1 aromatic rings. The number of H-pyrrole nitrogens is 1. The predicted octanol–water partition coefficient (Wildman–Crippen LogP) is -1.07. The van der Waals surface area contributed by atoms with Crippen LogP contribution in [0.15, 0.2) is 0 Å². The summed E-state index contributed by atoms with van der Waals surface area (Å²) in [5, 5.41) is 33.6. The Labute approximate surface area is 83.9 Å². The zero-order valence-electron chi connectivity index (χ0n) is 7.88. The fourth-order valence-corrected chi connectivity index (χ4v) is 0.699. The molecule has 0 fully saturated rings. The summed E-state index contributed by atoms with van der Waals surface area (Å²) in [6.07, 6.45) is 0. The number of aliphatic hydroxyl groups is 2. The lowest BCUT2D eigenvalue weighted by Crippen LogP contribution is -2.32. The molecule has 1 aromatic heterocycles. The van der Waals surface area contributed by atoms with Gasteiger partial charge in [-0.2, -0.15) is 0 Å². The number of aliphatic hydroxyl groups excluding tert-OH is 1. The number of rotatable bonds is 5. The summed E-state index contributed by atoms with van der Waals surface area (Å²) in [7, 11) is 0. The van der Waals surface area contributed by atoms with E-state index in [0.29, 0.717) is 0 Å². The summed E-state index contributed by atoms with van der Waals surface area (Å²) < 4.78 is 4.80. The first-order valence-corrected chi connectivity index (χ1v) is 3.97. The second kappa shape index (κ2) is 4.29. The first-order valence-electron chi connectivity index (χ1n) is 3.97. The third kappa shape index (κ3) is 3.23. The zero-order valence-corrected chi connectivity index (χ0v) is 7.88. The van der Waals surface area contributed by atoms with Crippen molar-refractivity contribution in [3.63, 3.8) is 0 Å². The molecule has 15 heavy (non-hydrogen) atoms. The molecule has 1 unspecified atom stereocenters. The zero-order chi connectivity index (χ0) is 11.5. The van der Waals surface area contributed by atoms with Crippen molar-refractivity contribution in [2.24, 2.45) is 0 Å². The van der Waals surface area contributed by atoms with Gasteiger partial charge >= 0.3 is 5.95 Å². The summed E-state index contributed by atoms with van der Waals surface area (Å²) in [6.45, 7) is 0.408. The molecule has 9 nitrogen and oxygen atoms in total. The van der Waals surface area contributed by atoms with Crippen molar-refractivity contribution in [1.29, 1.82) is 0 Å². The highest BCUT2D eigenvalue weighted by Crippen LogP contribution is 2.08. The van der Waals surface area contributed by atoms with Crippen LogP contribution in [0.1, 0.15) is 12.7 Å². The van der Waals surface area contributed by atoms with Crippen LogP contribution in [0.5, 0.6) is 0 Å². The van der Waals surface area contributed by atoms with E-state index in [1.807, 2.05) is 0 Å². The molecule has 1 atom stereocenters. The lowest BCUT2D eigenvalue weighted by molar-refractivity contribution is -0.394. The second-order valence-corrected chi connectivity index (χ2v) is 2.95. The predicted molar refractivity (Wildman–Crippen MR) is 45.5 cm³/mol. The monoisotopic (exact) mass is 218 g/mol. The van der Waals surface area contributed by atoms with E-state index >= 15 is 0 Å². The molecule has 0 radical (unpaired) electrons. The first-order chi connectivity index (χ1) is 6.94. The molecule has 1 heterocycles. The molecule has 0 saturated carbocycles. The van der Waals surface area contributed by atoms with E-state index in [9.17, 15) is 15.2 Å². The minimum absolute atomic E-state index is 0.0235. The molecule has 0 saturated heterocycles. The minimum Gasteiger partial charge on any atom is -0.391 e. The van der Waals surface area contributed by atoms with Gasteiger partial charge in [-0.1, -0.05) is 5.10 Å². The Morgan fingerprint density at radius 2 is 2.40 bits per heavy atom. The molecular weight excluding hydrogens is 208 g/mol. The van der Waals surface area contributed by atoms with Gasteiger partial charge in [-0.15, -0.1) is 5.10 Å². The Balaban J connectivity index is 2.55. The molecule has 84 valence electrons. The van der Waals surface area contributed by atoms with E-state index in [0.717, 1.165) is 0 Å². The van der Waals surface area contributed by atoms with Crippen molar-refractivity contribution in [1.82, 2.24) is 15.2 Å². The van der Waals surface area contributed by atoms with Gasteiger partial charge in [0.2, 0.25) is 0 Å². The fourth-order valence-electron chi connectivity index (χ4n) is 0.699. The average molecular weight is 218 g/mol. The Kier molecular flexibility index (Phi) is 3.29. The van der Waals surface area contributed by atoms with E-state index in [1.54, 1.807) is 0 Å². The Bertz CT molecular complexity index is 349. The molecule has 9 heteroatoms. The van der Waals surface area contributed by atoms with Crippen LogP contribution in [0.25, 0.3) is 0 Å². The summed E-state index contributed by atoms with van der Waals surface area (Å²) in [5.41, 5.74) is 0. The maximum Gasteiger partial charge on any atom is 0.453 e. The smallest absolute Gasteiger partial charge is 0.391 e. The standard InChI is InChI=1S/C6H10N4O5/c1-6(12,3-11)15-2-4-7-5(9-8-4)10(13)14/h11-12H,2-3H2,1H3,(H,7,8,9). The number of nitro groups is 1. The topological polar surface area (TPSA) is 134 Å². The summed E-state index contributed by atoms with van der Waals surface area (Å²) in [5.74, 6) is -2.19. The van der Waals surface area contributed by atoms with Crippen LogP contribution in [-0.4, -0.2) is 42.7 Å². The lowest BCUT2D eigenvalue weighted by Gasteiger charge is -2.18. The van der Waals surface area contributed by atoms with Crippen LogP contribution >= 0.6 is 0 Å². The highest BCUT2D eigenvalue weighted by molar-refractivity contribution is 5.01. The van der Waals surface area contributed by atoms with E-state index < -0.39 is 23.3 Å². The number of hydrogen-bond donors (Lipinski definition) is 3. The van der Waals surface area contributed by atoms with Gasteiger partial charge in [-0.3, -0.25) is 0 Å². The van der Waals surface area contributed by atoms with Gasteiger partial charge in [0.05, 0.1) is 6.61 Å². The fraction of sp³-hybridized carbons (Fsp3) is 0.667. The summed E-state index contributed by atoms with van der Waals surface area (Å²) >= 11 is 0. The minimum atomic E-state index is -1.71. The van der Waals surface area contributed by atoms with E-state index in [4.69, 9.17) is 9.84 Å². The molecule has 0 aliphatic heterocycles. The van der Waals surface area contributed by atoms with E-state index in [-0.39, 0.29) is 12.4 Å². The molecule has 0 spiro atoms. The van der Waals surface area contributed by atoms with Gasteiger partial charge in [-0.25, -0.2) is 0 Å². The van der Waals surface area contributed by atoms with E-state index in [2.05, 4.69) is 15.2 Å². The van der Waals surface area contributed by atoms with Crippen molar-refractivity contribution >= 4 is 5.95 Å². The molecule has 0 bridgehead atoms. The SMILES string of the molecule is CC(O)(CO)OCc1n[nH]c([N+](=O)[O-])n1. The average Bonchev–Trinajstić information content (AvgIpc) is 2.63. The second-order valence-electron chi connectivity index (χ2n) is 2.95. The first kappa shape index (κ1) is 11.5. The number of nitrogens with zero attached hydrogens (tertiary/aromatic N) is 3. The number of aromatic nitrogens is 3. The van der Waals surface area contributed by atoms with Crippen molar-refractivity contribution in [3.8, 4) is 0 Å². The quantitative estimate of drug-likeness (QED) is 0.325. The van der Waals surface area contributed by atoms with Crippen molar-refractivity contribution < 1.29 is 19.9 Å². The highest BCUT2D eigenvalue weighted by Gasteiger charge is 2.22. The number of hydrogen-bond acceptors (Lipinski definition) is 7. The Morgan fingerprint density at radius 1 is 1.73 bits per heavy atom. The van der Waals surface area contributed by atoms with Crippen LogP contribution in [0.4, 0.5) is 5.95 Å². The third-order valence-corrected chi connectivity index (χ3v) is 1.50. The molecule has 1 rings (SSSR count). The number of aromatic amines is 1. The van der Waals surface area contributed by atoms with Gasteiger partial charge < -0.3 is 25.1 Å². The van der Waals surface area contributed by atoms with Gasteiger partial charge in [-0.05, 0) is 16.8 Å². The molecular formula is C6H10N4O5. The molecule has 0 aliphatic rings. The van der Waals surface area contributed by atoms with Crippen LogP contribution in [0.3, 0.4) is 0 Å². The van der Waals surface area contributed by atoms with Crippen molar-refractivity contribution in [2.45, 2.75) is 19.3 Å². The maximum atomic E-state index is 10.2. The van der Waals surface area contributed by atoms with Gasteiger partial charge in [0, 0.05) is 0 Å². The van der Waals surface area contributed by atoms with Gasteiger partial charge in [0.15, 0.2) is 5.79 Å². The van der Waals surface area contributed by atoms with Gasteiger partial charge in [0.25, 0.3) is 5.82 Å². The van der Waals surface area contributed by atoms with Crippen molar-refractivity contribution in [3.05, 3.63) is 15.9 Å². The summed E-state index contributed by atoms with van der Waals surface area (Å²) in [6, 6.07) is 0. The van der Waals surface area contributed by atoms with Gasteiger partial charge in [0.1, 0.15) is 6.61 Å². The number of ether oxygens (including phenoxy) is 1. The Hall–Kier alpha value is -1.58. The largest absolute Gasteiger partial charge is 0.453 e. The molecule has 0 aromatic carbocycles. The Morgan fingerprint density at radius 3 is 2.87 bits per heavy atom. The summed E-state index contributed by atoms with van der Waals surface area (Å²) in [4.78, 5) is 12.9. The van der Waals surface area contributed by atoms with Crippen LogP contribution < -0.4 is 0 Å². The molecule has 0 amide bonds. The van der Waals surface area contributed by atoms with Crippen LogP contribution in [0.2, 0.25) is 0 Å². The van der Waals surface area contributed by atoms with Crippen LogP contribution in [0, 0.1) is 10.1 Å². The number of nitrogens with one attached hydrogen (secondary N) is 1. The third-order valence-electron chi connectivity index (χ3n) is 1.50. The maximum absolute atomic E-state index is 10.2. The highest BCUT2D eigenvalue weighted by atomic mass is 16.6. The molecule has 3 N–H and O–H groups in total. The normalized spacial score (nSPS) is 14.9. The van der Waals surface area contributed by atoms with Crippen LogP contribution in [-0.2, 0) is 11.3 Å². The molecule has 0 aliphatic carbocycles. The lowest BCUT2D eigenvalue weighted by atomic mass is 10.3. The van der Waals surface area contributed by atoms with Crippen molar-refractivity contribution in [2.75, 3.05) is 6.61 Å².